The largest absolute Gasteiger partial charge is 0.481 e. The van der Waals surface area contributed by atoms with E-state index in [0.29, 0.717) is 29.9 Å². The van der Waals surface area contributed by atoms with Crippen LogP contribution in [0.5, 0.6) is 5.88 Å². The van der Waals surface area contributed by atoms with Gasteiger partial charge in [-0.25, -0.2) is 14.2 Å². The minimum absolute atomic E-state index is 0.0145. The number of pyridine rings is 1. The molecule has 0 aliphatic carbocycles. The molecule has 0 fully saturated rings. The van der Waals surface area contributed by atoms with Crippen molar-refractivity contribution < 1.29 is 18.7 Å². The van der Waals surface area contributed by atoms with Crippen molar-refractivity contribution in [2.45, 2.75) is 39.7 Å². The van der Waals surface area contributed by atoms with Crippen molar-refractivity contribution in [2.24, 2.45) is 5.92 Å². The number of fused-ring (bicyclic) bond motifs is 1. The Balaban J connectivity index is 2.11. The number of hydrogen-bond donors (Lipinski definition) is 1. The van der Waals surface area contributed by atoms with Gasteiger partial charge in [-0.15, -0.1) is 0 Å². The summed E-state index contributed by atoms with van der Waals surface area (Å²) in [5.74, 6) is 0.150. The number of carbonyl (C=O) groups excluding carboxylic acids is 1. The summed E-state index contributed by atoms with van der Waals surface area (Å²) in [5, 5.41) is 3.57. The number of ether oxygens (including phenoxy) is 2. The van der Waals surface area contributed by atoms with E-state index in [1.54, 1.807) is 32.9 Å². The zero-order valence-corrected chi connectivity index (χ0v) is 15.4. The number of carbonyl (C=O) groups is 1. The Labute approximate surface area is 147 Å². The van der Waals surface area contributed by atoms with E-state index < -0.39 is 11.7 Å². The highest BCUT2D eigenvalue weighted by Crippen LogP contribution is 2.25. The molecule has 1 amide bonds. The molecule has 0 aliphatic rings. The maximum Gasteiger partial charge on any atom is 0.407 e. The van der Waals surface area contributed by atoms with Crippen molar-refractivity contribution in [1.29, 1.82) is 0 Å². The third-order valence-electron chi connectivity index (χ3n) is 3.64. The molecular weight excluding hydrogens is 323 g/mol. The van der Waals surface area contributed by atoms with E-state index in [9.17, 15) is 9.18 Å². The van der Waals surface area contributed by atoms with E-state index >= 15 is 0 Å². The minimum Gasteiger partial charge on any atom is -0.481 e. The molecule has 1 N–H and O–H groups in total. The fourth-order valence-corrected chi connectivity index (χ4v) is 2.51. The molecule has 0 aliphatic heterocycles. The Kier molecular flexibility index (Phi) is 5.82. The number of benzene rings is 1. The molecule has 0 spiro atoms. The Morgan fingerprint density at radius 3 is 2.60 bits per heavy atom. The number of nitrogens with zero attached hydrogens (tertiary/aromatic N) is 1. The van der Waals surface area contributed by atoms with Gasteiger partial charge in [0.05, 0.1) is 12.6 Å². The first-order valence-corrected chi connectivity index (χ1v) is 8.28. The SMILES string of the molecule is COc1ccc2ccc(F)c(CC(C)CNC(=O)OC(C)(C)C)c2n1. The van der Waals surface area contributed by atoms with Crippen LogP contribution in [0, 0.1) is 11.7 Å². The number of halogens is 1. The van der Waals surface area contributed by atoms with Crippen molar-refractivity contribution in [3.63, 3.8) is 0 Å². The third kappa shape index (κ3) is 5.31. The van der Waals surface area contributed by atoms with Crippen LogP contribution in [0.1, 0.15) is 33.3 Å². The first-order chi connectivity index (χ1) is 11.7. The number of methoxy groups -OCH3 is 1. The van der Waals surface area contributed by atoms with Crippen molar-refractivity contribution in [2.75, 3.05) is 13.7 Å². The fraction of sp³-hybridized carbons (Fsp3) is 0.474. The third-order valence-corrected chi connectivity index (χ3v) is 3.64. The van der Waals surface area contributed by atoms with E-state index in [1.165, 1.54) is 13.2 Å². The molecule has 136 valence electrons. The van der Waals surface area contributed by atoms with Gasteiger partial charge in [-0.2, -0.15) is 0 Å². The molecule has 6 heteroatoms. The summed E-state index contributed by atoms with van der Waals surface area (Å²) in [4.78, 5) is 16.1. The van der Waals surface area contributed by atoms with Gasteiger partial charge in [-0.1, -0.05) is 6.92 Å². The Bertz CT molecular complexity index is 756. The second-order valence-corrected chi connectivity index (χ2v) is 7.14. The van der Waals surface area contributed by atoms with Gasteiger partial charge in [0.2, 0.25) is 5.88 Å². The summed E-state index contributed by atoms with van der Waals surface area (Å²) in [7, 11) is 1.53. The molecule has 2 aromatic rings. The maximum absolute atomic E-state index is 14.3. The van der Waals surface area contributed by atoms with Gasteiger partial charge in [0.15, 0.2) is 0 Å². The number of amides is 1. The summed E-state index contributed by atoms with van der Waals surface area (Å²) >= 11 is 0. The van der Waals surface area contributed by atoms with E-state index in [-0.39, 0.29) is 11.7 Å². The van der Waals surface area contributed by atoms with Gasteiger partial charge in [0.1, 0.15) is 11.4 Å². The van der Waals surface area contributed by atoms with Gasteiger partial charge >= 0.3 is 6.09 Å². The Hall–Kier alpha value is -2.37. The van der Waals surface area contributed by atoms with Gasteiger partial charge < -0.3 is 14.8 Å². The summed E-state index contributed by atoms with van der Waals surface area (Å²) in [5.41, 5.74) is 0.563. The quantitative estimate of drug-likeness (QED) is 0.884. The molecule has 2 rings (SSSR count). The highest BCUT2D eigenvalue weighted by molar-refractivity contribution is 5.82. The first kappa shape index (κ1) is 19.0. The molecule has 0 radical (unpaired) electrons. The van der Waals surface area contributed by atoms with Crippen molar-refractivity contribution >= 4 is 17.0 Å². The zero-order valence-electron chi connectivity index (χ0n) is 15.4. The smallest absolute Gasteiger partial charge is 0.407 e. The average Bonchev–Trinajstić information content (AvgIpc) is 2.53. The van der Waals surface area contributed by atoms with E-state index in [1.807, 2.05) is 13.0 Å². The molecule has 0 saturated heterocycles. The summed E-state index contributed by atoms with van der Waals surface area (Å²) < 4.78 is 24.7. The number of alkyl carbamates (subject to hydrolysis) is 1. The van der Waals surface area contributed by atoms with Gasteiger partial charge in [0, 0.05) is 23.6 Å². The van der Waals surface area contributed by atoms with Crippen molar-refractivity contribution in [3.8, 4) is 5.88 Å². The molecule has 5 nitrogen and oxygen atoms in total. The highest BCUT2D eigenvalue weighted by Gasteiger charge is 2.18. The minimum atomic E-state index is -0.546. The van der Waals surface area contributed by atoms with Gasteiger partial charge in [-0.05, 0) is 51.3 Å². The summed E-state index contributed by atoms with van der Waals surface area (Å²) in [6.07, 6.45) is -0.0309. The Morgan fingerprint density at radius 2 is 1.96 bits per heavy atom. The van der Waals surface area contributed by atoms with Crippen LogP contribution >= 0.6 is 0 Å². The van der Waals surface area contributed by atoms with Gasteiger partial charge in [0.25, 0.3) is 0 Å². The van der Waals surface area contributed by atoms with Crippen molar-refractivity contribution in [1.82, 2.24) is 10.3 Å². The maximum atomic E-state index is 14.3. The molecule has 1 atom stereocenters. The van der Waals surface area contributed by atoms with Crippen LogP contribution in [0.15, 0.2) is 24.3 Å². The van der Waals surface area contributed by atoms with Crippen molar-refractivity contribution in [3.05, 3.63) is 35.6 Å². The fourth-order valence-electron chi connectivity index (χ4n) is 2.51. The monoisotopic (exact) mass is 348 g/mol. The lowest BCUT2D eigenvalue weighted by molar-refractivity contribution is 0.0520. The molecule has 1 aromatic heterocycles. The van der Waals surface area contributed by atoms with Crippen LogP contribution in [-0.2, 0) is 11.2 Å². The highest BCUT2D eigenvalue weighted by atomic mass is 19.1. The molecular formula is C19H25FN2O3. The molecule has 25 heavy (non-hydrogen) atoms. The molecule has 1 aromatic carbocycles. The second kappa shape index (κ2) is 7.68. The second-order valence-electron chi connectivity index (χ2n) is 7.14. The summed E-state index contributed by atoms with van der Waals surface area (Å²) in [6, 6.07) is 6.75. The average molecular weight is 348 g/mol. The van der Waals surface area contributed by atoms with Crippen LogP contribution in [0.4, 0.5) is 9.18 Å². The van der Waals surface area contributed by atoms with Crippen LogP contribution in [-0.4, -0.2) is 30.3 Å². The van der Waals surface area contributed by atoms with E-state index in [2.05, 4.69) is 10.3 Å². The predicted octanol–water partition coefficient (Wildman–Crippen LogP) is 4.09. The molecule has 0 bridgehead atoms. The molecule has 1 heterocycles. The number of rotatable bonds is 5. The lowest BCUT2D eigenvalue weighted by Crippen LogP contribution is -2.35. The first-order valence-electron chi connectivity index (χ1n) is 8.28. The molecule has 1 unspecified atom stereocenters. The molecule has 0 saturated carbocycles. The van der Waals surface area contributed by atoms with Crippen LogP contribution in [0.25, 0.3) is 10.9 Å². The predicted molar refractivity (Wildman–Crippen MR) is 95.4 cm³/mol. The summed E-state index contributed by atoms with van der Waals surface area (Å²) in [6.45, 7) is 7.74. The van der Waals surface area contributed by atoms with Crippen LogP contribution in [0.3, 0.4) is 0 Å². The number of aromatic nitrogens is 1. The number of nitrogens with one attached hydrogen (secondary N) is 1. The standard InChI is InChI=1S/C19H25FN2O3/c1-12(11-21-18(23)25-19(2,3)4)10-14-15(20)8-6-13-7-9-16(24-5)22-17(13)14/h6-9,12H,10-11H2,1-5H3,(H,21,23). The van der Waals surface area contributed by atoms with Crippen LogP contribution in [0.2, 0.25) is 0 Å². The lowest BCUT2D eigenvalue weighted by Gasteiger charge is -2.21. The van der Waals surface area contributed by atoms with E-state index in [4.69, 9.17) is 9.47 Å². The lowest BCUT2D eigenvalue weighted by atomic mass is 9.98. The number of hydrogen-bond acceptors (Lipinski definition) is 4. The van der Waals surface area contributed by atoms with Gasteiger partial charge in [-0.3, -0.25) is 0 Å². The zero-order chi connectivity index (χ0) is 18.6. The van der Waals surface area contributed by atoms with Crippen LogP contribution < -0.4 is 10.1 Å². The Morgan fingerprint density at radius 1 is 1.28 bits per heavy atom. The normalized spacial score (nSPS) is 12.7. The van der Waals surface area contributed by atoms with E-state index in [0.717, 1.165) is 5.39 Å². The topological polar surface area (TPSA) is 60.5 Å².